The van der Waals surface area contributed by atoms with Crippen molar-refractivity contribution >= 4 is 23.2 Å². The molecule has 0 bridgehead atoms. The van der Waals surface area contributed by atoms with Crippen molar-refractivity contribution in [3.05, 3.63) is 22.4 Å². The molecular weight excluding hydrogens is 336 g/mol. The molecule has 2 aliphatic heterocycles. The number of morpholine rings is 1. The molecule has 5 nitrogen and oxygen atoms in total. The minimum absolute atomic E-state index is 0.170. The van der Waals surface area contributed by atoms with Gasteiger partial charge in [0.25, 0.3) is 5.91 Å². The van der Waals surface area contributed by atoms with Gasteiger partial charge in [0.15, 0.2) is 0 Å². The first-order chi connectivity index (χ1) is 12.2. The van der Waals surface area contributed by atoms with Gasteiger partial charge in [-0.15, -0.1) is 11.3 Å². The smallest absolute Gasteiger partial charge is 0.263 e. The zero-order valence-electron chi connectivity index (χ0n) is 14.6. The second-order valence-electron chi connectivity index (χ2n) is 7.61. The largest absolute Gasteiger partial charge is 0.378 e. The summed E-state index contributed by atoms with van der Waals surface area (Å²) in [6, 6.07) is 3.85. The molecule has 1 aromatic heterocycles. The van der Waals surface area contributed by atoms with Gasteiger partial charge in [-0.05, 0) is 42.0 Å². The summed E-state index contributed by atoms with van der Waals surface area (Å²) in [7, 11) is 0. The number of thiophene rings is 1. The van der Waals surface area contributed by atoms with E-state index in [1.807, 2.05) is 27.3 Å². The minimum Gasteiger partial charge on any atom is -0.378 e. The molecule has 1 aliphatic carbocycles. The van der Waals surface area contributed by atoms with E-state index in [4.69, 9.17) is 4.74 Å². The van der Waals surface area contributed by atoms with Crippen LogP contribution >= 0.6 is 11.3 Å². The van der Waals surface area contributed by atoms with E-state index >= 15 is 0 Å². The average Bonchev–Trinajstić information content (AvgIpc) is 3.27. The van der Waals surface area contributed by atoms with Gasteiger partial charge in [0, 0.05) is 32.6 Å². The van der Waals surface area contributed by atoms with Crippen molar-refractivity contribution < 1.29 is 14.3 Å². The van der Waals surface area contributed by atoms with Crippen LogP contribution in [0.4, 0.5) is 0 Å². The highest BCUT2D eigenvalue weighted by Crippen LogP contribution is 2.53. The van der Waals surface area contributed by atoms with Crippen LogP contribution in [0, 0.1) is 11.3 Å². The first-order valence-electron chi connectivity index (χ1n) is 9.36. The lowest BCUT2D eigenvalue weighted by Crippen LogP contribution is -2.42. The van der Waals surface area contributed by atoms with Crippen LogP contribution in [0.2, 0.25) is 0 Å². The summed E-state index contributed by atoms with van der Waals surface area (Å²) in [6.07, 6.45) is 5.18. The van der Waals surface area contributed by atoms with E-state index in [1.54, 1.807) is 0 Å². The molecule has 1 unspecified atom stereocenters. The molecule has 1 spiro atoms. The molecular formula is C19H26N2O3S. The number of amides is 2. The van der Waals surface area contributed by atoms with Crippen LogP contribution in [0.3, 0.4) is 0 Å². The van der Waals surface area contributed by atoms with E-state index in [0.717, 1.165) is 37.5 Å². The molecule has 3 fully saturated rings. The Morgan fingerprint density at radius 1 is 1.24 bits per heavy atom. The molecule has 2 saturated heterocycles. The number of carbonyl (C=O) groups is 2. The van der Waals surface area contributed by atoms with Crippen molar-refractivity contribution in [1.29, 1.82) is 0 Å². The fraction of sp³-hybridized carbons (Fsp3) is 0.684. The lowest BCUT2D eigenvalue weighted by Gasteiger charge is -2.43. The van der Waals surface area contributed by atoms with Gasteiger partial charge in [-0.1, -0.05) is 12.5 Å². The molecule has 4 rings (SSSR count). The average molecular weight is 362 g/mol. The normalized spacial score (nSPS) is 25.2. The van der Waals surface area contributed by atoms with Crippen LogP contribution in [-0.4, -0.2) is 61.0 Å². The summed E-state index contributed by atoms with van der Waals surface area (Å²) < 4.78 is 5.33. The molecule has 6 heteroatoms. The zero-order chi connectivity index (χ0) is 17.3. The van der Waals surface area contributed by atoms with Gasteiger partial charge in [0.2, 0.25) is 5.91 Å². The van der Waals surface area contributed by atoms with Gasteiger partial charge in [-0.2, -0.15) is 0 Å². The maximum atomic E-state index is 12.7. The number of likely N-dealkylation sites (tertiary alicyclic amines) is 1. The molecule has 0 N–H and O–H groups in total. The molecule has 0 radical (unpaired) electrons. The maximum Gasteiger partial charge on any atom is 0.263 e. The Morgan fingerprint density at radius 3 is 2.68 bits per heavy atom. The van der Waals surface area contributed by atoms with Crippen LogP contribution in [0.25, 0.3) is 0 Å². The fourth-order valence-electron chi connectivity index (χ4n) is 4.61. The van der Waals surface area contributed by atoms with Gasteiger partial charge in [-0.3, -0.25) is 9.59 Å². The van der Waals surface area contributed by atoms with Crippen LogP contribution in [-0.2, 0) is 9.53 Å². The monoisotopic (exact) mass is 362 g/mol. The quantitative estimate of drug-likeness (QED) is 0.827. The van der Waals surface area contributed by atoms with E-state index in [2.05, 4.69) is 0 Å². The van der Waals surface area contributed by atoms with Crippen molar-refractivity contribution in [3.63, 3.8) is 0 Å². The highest BCUT2D eigenvalue weighted by molar-refractivity contribution is 7.12. The van der Waals surface area contributed by atoms with E-state index in [-0.39, 0.29) is 17.2 Å². The number of nitrogens with zero attached hydrogens (tertiary/aromatic N) is 2. The third-order valence-electron chi connectivity index (χ3n) is 6.25. The summed E-state index contributed by atoms with van der Waals surface area (Å²) in [6.45, 7) is 4.44. The van der Waals surface area contributed by atoms with Crippen molar-refractivity contribution in [2.45, 2.75) is 32.1 Å². The molecule has 25 heavy (non-hydrogen) atoms. The maximum absolute atomic E-state index is 12.7. The van der Waals surface area contributed by atoms with Crippen molar-refractivity contribution in [2.24, 2.45) is 11.3 Å². The second-order valence-corrected chi connectivity index (χ2v) is 8.56. The van der Waals surface area contributed by atoms with Gasteiger partial charge in [-0.25, -0.2) is 0 Å². The molecule has 2 amide bonds. The number of hydrogen-bond donors (Lipinski definition) is 0. The highest BCUT2D eigenvalue weighted by atomic mass is 32.1. The van der Waals surface area contributed by atoms with Crippen molar-refractivity contribution in [2.75, 3.05) is 39.4 Å². The summed E-state index contributed by atoms with van der Waals surface area (Å²) in [4.78, 5) is 30.0. The van der Waals surface area contributed by atoms with Crippen molar-refractivity contribution in [3.8, 4) is 0 Å². The first kappa shape index (κ1) is 17.0. The lowest BCUT2D eigenvalue weighted by molar-refractivity contribution is -0.135. The standard InChI is InChI=1S/C19H26N2O3S/c22-17(20-8-10-24-11-9-20)5-4-15-13-21(14-19(15)6-2-7-19)18(23)16-3-1-12-25-16/h1,3,12,15H,2,4-11,13-14H2. The molecule has 1 aromatic rings. The Kier molecular flexibility index (Phi) is 4.82. The van der Waals surface area contributed by atoms with E-state index in [1.165, 1.54) is 30.6 Å². The van der Waals surface area contributed by atoms with Gasteiger partial charge in [0.1, 0.15) is 0 Å². The van der Waals surface area contributed by atoms with Crippen LogP contribution in [0.15, 0.2) is 17.5 Å². The third kappa shape index (κ3) is 3.34. The summed E-state index contributed by atoms with van der Waals surface area (Å²) in [5.74, 6) is 0.888. The number of carbonyl (C=O) groups excluding carboxylic acids is 2. The lowest BCUT2D eigenvalue weighted by atomic mass is 9.62. The summed E-state index contributed by atoms with van der Waals surface area (Å²) in [5, 5.41) is 1.96. The van der Waals surface area contributed by atoms with E-state index < -0.39 is 0 Å². The predicted octanol–water partition coefficient (Wildman–Crippen LogP) is 2.63. The molecule has 1 saturated carbocycles. The minimum atomic E-state index is 0.170. The zero-order valence-corrected chi connectivity index (χ0v) is 15.4. The molecule has 0 aromatic carbocycles. The molecule has 136 valence electrons. The third-order valence-corrected chi connectivity index (χ3v) is 7.11. The fourth-order valence-corrected chi connectivity index (χ4v) is 5.30. The molecule has 3 aliphatic rings. The van der Waals surface area contributed by atoms with Gasteiger partial charge >= 0.3 is 0 Å². The van der Waals surface area contributed by atoms with Crippen LogP contribution < -0.4 is 0 Å². The Bertz CT molecular complexity index is 621. The Hall–Kier alpha value is -1.40. The van der Waals surface area contributed by atoms with Crippen molar-refractivity contribution in [1.82, 2.24) is 9.80 Å². The Morgan fingerprint density at radius 2 is 2.04 bits per heavy atom. The topological polar surface area (TPSA) is 49.9 Å². The highest BCUT2D eigenvalue weighted by Gasteiger charge is 2.51. The first-order valence-corrected chi connectivity index (χ1v) is 10.2. The van der Waals surface area contributed by atoms with E-state index in [9.17, 15) is 9.59 Å². The van der Waals surface area contributed by atoms with Crippen LogP contribution in [0.5, 0.6) is 0 Å². The number of hydrogen-bond acceptors (Lipinski definition) is 4. The predicted molar refractivity (Wildman–Crippen MR) is 96.6 cm³/mol. The Labute approximate surface area is 152 Å². The second kappa shape index (κ2) is 7.08. The summed E-state index contributed by atoms with van der Waals surface area (Å²) in [5.41, 5.74) is 0.276. The van der Waals surface area contributed by atoms with Gasteiger partial charge in [0.05, 0.1) is 18.1 Å². The molecule has 3 heterocycles. The SMILES string of the molecule is O=C(CCC1CN(C(=O)c2cccs2)CC12CCC2)N1CCOCC1. The van der Waals surface area contributed by atoms with Crippen LogP contribution in [0.1, 0.15) is 41.8 Å². The van der Waals surface area contributed by atoms with Gasteiger partial charge < -0.3 is 14.5 Å². The van der Waals surface area contributed by atoms with E-state index in [0.29, 0.717) is 25.6 Å². The summed E-state index contributed by atoms with van der Waals surface area (Å²) >= 11 is 1.52. The molecule has 1 atom stereocenters. The number of rotatable bonds is 4. The Balaban J connectivity index is 1.37. The number of ether oxygens (including phenoxy) is 1.